The lowest BCUT2D eigenvalue weighted by Crippen LogP contribution is -2.35. The summed E-state index contributed by atoms with van der Waals surface area (Å²) < 4.78 is 0. The minimum Gasteiger partial charge on any atom is -0.396 e. The Bertz CT molecular complexity index is 462. The van der Waals surface area contributed by atoms with E-state index in [2.05, 4.69) is 15.3 Å². The molecule has 0 aliphatic carbocycles. The van der Waals surface area contributed by atoms with Gasteiger partial charge in [0, 0.05) is 38.5 Å². The first kappa shape index (κ1) is 16.4. The number of hydrogen-bond donors (Lipinski definition) is 1. The number of anilines is 1. The zero-order valence-electron chi connectivity index (χ0n) is 12.9. The molecule has 1 amide bonds. The van der Waals surface area contributed by atoms with E-state index >= 15 is 0 Å². The van der Waals surface area contributed by atoms with Crippen LogP contribution in [0.5, 0.6) is 0 Å². The molecule has 21 heavy (non-hydrogen) atoms. The van der Waals surface area contributed by atoms with E-state index in [1.807, 2.05) is 6.92 Å². The Balaban J connectivity index is 1.94. The van der Waals surface area contributed by atoms with Gasteiger partial charge in [-0.05, 0) is 38.6 Å². The van der Waals surface area contributed by atoms with Gasteiger partial charge in [-0.1, -0.05) is 0 Å². The summed E-state index contributed by atoms with van der Waals surface area (Å²) in [5.74, 6) is 0.644. The highest BCUT2D eigenvalue weighted by Crippen LogP contribution is 2.24. The number of carbonyl (C=O) groups excluding carboxylic acids is 1. The molecule has 0 radical (unpaired) electrons. The summed E-state index contributed by atoms with van der Waals surface area (Å²) >= 11 is 1.54. The van der Waals surface area contributed by atoms with Crippen LogP contribution in [0.15, 0.2) is 5.38 Å². The molecule has 1 aliphatic rings. The molecule has 1 aromatic heterocycles. The monoisotopic (exact) mass is 311 g/mol. The summed E-state index contributed by atoms with van der Waals surface area (Å²) in [4.78, 5) is 20.3. The third kappa shape index (κ3) is 4.49. The number of thiazole rings is 1. The first-order valence-electron chi connectivity index (χ1n) is 7.69. The molecular weight excluding hydrogens is 286 g/mol. The Kier molecular flexibility index (Phi) is 6.14. The van der Waals surface area contributed by atoms with E-state index in [0.717, 1.165) is 36.9 Å². The van der Waals surface area contributed by atoms with Crippen LogP contribution in [0.4, 0.5) is 5.13 Å². The van der Waals surface area contributed by atoms with Crippen molar-refractivity contribution in [3.8, 4) is 0 Å². The summed E-state index contributed by atoms with van der Waals surface area (Å²) in [5.41, 5.74) is 1.04. The topological polar surface area (TPSA) is 56.7 Å². The molecule has 2 rings (SSSR count). The minimum absolute atomic E-state index is 0.0411. The van der Waals surface area contributed by atoms with Crippen LogP contribution in [-0.2, 0) is 11.3 Å². The Hall–Kier alpha value is -0.980. The van der Waals surface area contributed by atoms with Crippen molar-refractivity contribution in [3.63, 3.8) is 0 Å². The summed E-state index contributed by atoms with van der Waals surface area (Å²) in [6, 6.07) is 0. The normalized spacial score (nSPS) is 19.7. The highest BCUT2D eigenvalue weighted by molar-refractivity contribution is 7.14. The lowest BCUT2D eigenvalue weighted by atomic mass is 9.95. The van der Waals surface area contributed by atoms with Crippen LogP contribution in [0.2, 0.25) is 0 Å². The zero-order chi connectivity index (χ0) is 15.2. The van der Waals surface area contributed by atoms with Gasteiger partial charge in [0.25, 0.3) is 0 Å². The number of likely N-dealkylation sites (tertiary alicyclic amines) is 1. The van der Waals surface area contributed by atoms with Gasteiger partial charge in [0.1, 0.15) is 0 Å². The van der Waals surface area contributed by atoms with Crippen LogP contribution in [0, 0.1) is 5.92 Å². The summed E-state index contributed by atoms with van der Waals surface area (Å²) in [6.07, 6.45) is 3.30. The Labute approximate surface area is 130 Å². The van der Waals surface area contributed by atoms with E-state index in [9.17, 15) is 4.79 Å². The molecule has 0 spiro atoms. The fraction of sp³-hybridized carbons (Fsp3) is 0.733. The predicted molar refractivity (Wildman–Crippen MR) is 85.5 cm³/mol. The van der Waals surface area contributed by atoms with Crippen molar-refractivity contribution in [2.24, 2.45) is 5.92 Å². The van der Waals surface area contributed by atoms with E-state index in [1.165, 1.54) is 24.2 Å². The van der Waals surface area contributed by atoms with Crippen molar-refractivity contribution in [2.45, 2.75) is 39.7 Å². The molecule has 118 valence electrons. The highest BCUT2D eigenvalue weighted by Gasteiger charge is 2.21. The standard InChI is InChI=1S/C15H25N3O2S/c1-3-18(12(2)20)15-16-14(11-21-15)10-17-7-4-5-13(9-17)6-8-19/h11,13,19H,3-10H2,1-2H3. The predicted octanol–water partition coefficient (Wildman–Crippen LogP) is 2.11. The lowest BCUT2D eigenvalue weighted by molar-refractivity contribution is -0.116. The van der Waals surface area contributed by atoms with Gasteiger partial charge >= 0.3 is 0 Å². The smallest absolute Gasteiger partial charge is 0.225 e. The van der Waals surface area contributed by atoms with Gasteiger partial charge in [0.05, 0.1) is 5.69 Å². The molecule has 0 saturated carbocycles. The van der Waals surface area contributed by atoms with E-state index in [-0.39, 0.29) is 12.5 Å². The molecule has 0 aromatic carbocycles. The summed E-state index contributed by atoms with van der Waals surface area (Å²) in [7, 11) is 0. The second-order valence-corrected chi connectivity index (χ2v) is 6.48. The van der Waals surface area contributed by atoms with Crippen LogP contribution >= 0.6 is 11.3 Å². The number of nitrogens with zero attached hydrogens (tertiary/aromatic N) is 3. The second kappa shape index (κ2) is 7.87. The zero-order valence-corrected chi connectivity index (χ0v) is 13.7. The van der Waals surface area contributed by atoms with Crippen molar-refractivity contribution in [3.05, 3.63) is 11.1 Å². The quantitative estimate of drug-likeness (QED) is 0.874. The third-order valence-corrected chi connectivity index (χ3v) is 4.91. The summed E-state index contributed by atoms with van der Waals surface area (Å²) in [5, 5.41) is 11.9. The molecule has 1 aliphatic heterocycles. The molecule has 6 heteroatoms. The molecule has 1 aromatic rings. The molecule has 5 nitrogen and oxygen atoms in total. The average Bonchev–Trinajstić information content (AvgIpc) is 2.88. The van der Waals surface area contributed by atoms with Crippen molar-refractivity contribution < 1.29 is 9.90 Å². The van der Waals surface area contributed by atoms with Gasteiger partial charge in [-0.3, -0.25) is 14.6 Å². The van der Waals surface area contributed by atoms with Crippen molar-refractivity contribution in [1.82, 2.24) is 9.88 Å². The number of piperidine rings is 1. The number of amides is 1. The minimum atomic E-state index is 0.0411. The molecular formula is C15H25N3O2S. The fourth-order valence-corrected chi connectivity index (χ4v) is 3.85. The molecule has 0 bridgehead atoms. The first-order valence-corrected chi connectivity index (χ1v) is 8.57. The molecule has 1 fully saturated rings. The van der Waals surface area contributed by atoms with Gasteiger partial charge in [0.15, 0.2) is 5.13 Å². The average molecular weight is 311 g/mol. The molecule has 2 heterocycles. The first-order chi connectivity index (χ1) is 10.1. The van der Waals surface area contributed by atoms with Gasteiger partial charge in [-0.15, -0.1) is 11.3 Å². The molecule has 1 N–H and O–H groups in total. The maximum absolute atomic E-state index is 11.5. The van der Waals surface area contributed by atoms with Crippen LogP contribution in [0.3, 0.4) is 0 Å². The van der Waals surface area contributed by atoms with E-state index < -0.39 is 0 Å². The van der Waals surface area contributed by atoms with Gasteiger partial charge < -0.3 is 5.11 Å². The van der Waals surface area contributed by atoms with E-state index in [0.29, 0.717) is 12.5 Å². The molecule has 1 atom stereocenters. The third-order valence-electron chi connectivity index (χ3n) is 3.99. The second-order valence-electron chi connectivity index (χ2n) is 5.64. The number of rotatable bonds is 6. The van der Waals surface area contributed by atoms with Gasteiger partial charge in [-0.2, -0.15) is 0 Å². The Morgan fingerprint density at radius 1 is 1.62 bits per heavy atom. The maximum Gasteiger partial charge on any atom is 0.225 e. The maximum atomic E-state index is 11.5. The number of aliphatic hydroxyl groups excluding tert-OH is 1. The highest BCUT2D eigenvalue weighted by atomic mass is 32.1. The number of hydrogen-bond acceptors (Lipinski definition) is 5. The van der Waals surface area contributed by atoms with E-state index in [4.69, 9.17) is 5.11 Å². The molecule has 1 unspecified atom stereocenters. The summed E-state index contributed by atoms with van der Waals surface area (Å²) in [6.45, 7) is 7.46. The Morgan fingerprint density at radius 3 is 3.10 bits per heavy atom. The van der Waals surface area contributed by atoms with Crippen molar-refractivity contribution in [2.75, 3.05) is 31.1 Å². The van der Waals surface area contributed by atoms with E-state index in [1.54, 1.807) is 11.8 Å². The van der Waals surface area contributed by atoms with Gasteiger partial charge in [-0.25, -0.2) is 4.98 Å². The Morgan fingerprint density at radius 2 is 2.43 bits per heavy atom. The van der Waals surface area contributed by atoms with Crippen molar-refractivity contribution in [1.29, 1.82) is 0 Å². The van der Waals surface area contributed by atoms with Gasteiger partial charge in [0.2, 0.25) is 5.91 Å². The number of aliphatic hydroxyl groups is 1. The number of aromatic nitrogens is 1. The largest absolute Gasteiger partial charge is 0.396 e. The van der Waals surface area contributed by atoms with Crippen molar-refractivity contribution >= 4 is 22.4 Å². The molecule has 1 saturated heterocycles. The van der Waals surface area contributed by atoms with Crippen LogP contribution < -0.4 is 4.90 Å². The van der Waals surface area contributed by atoms with Crippen LogP contribution in [-0.4, -0.2) is 47.1 Å². The number of carbonyl (C=O) groups is 1. The van der Waals surface area contributed by atoms with Crippen LogP contribution in [0.1, 0.15) is 38.8 Å². The lowest BCUT2D eigenvalue weighted by Gasteiger charge is -2.31. The SMILES string of the molecule is CCN(C(C)=O)c1nc(CN2CCCC(CCO)C2)cs1. The fourth-order valence-electron chi connectivity index (χ4n) is 2.93. The van der Waals surface area contributed by atoms with Crippen LogP contribution in [0.25, 0.3) is 0 Å².